The highest BCUT2D eigenvalue weighted by molar-refractivity contribution is 5.81. The lowest BCUT2D eigenvalue weighted by Crippen LogP contribution is -2.41. The number of hydrogen-bond acceptors (Lipinski definition) is 3. The molecule has 0 radical (unpaired) electrons. The summed E-state index contributed by atoms with van der Waals surface area (Å²) < 4.78 is 0. The zero-order valence-corrected chi connectivity index (χ0v) is 11.2. The Morgan fingerprint density at radius 3 is 2.63 bits per heavy atom. The SMILES string of the molecule is CN1CCC(C2CN(C3CC3C(=O)O)C(=O)N2)CC1. The first-order valence-electron chi connectivity index (χ1n) is 7.04. The molecule has 0 aromatic heterocycles. The molecule has 2 saturated heterocycles. The van der Waals surface area contributed by atoms with Gasteiger partial charge in [-0.05, 0) is 45.3 Å². The maximum atomic E-state index is 12.0. The van der Waals surface area contributed by atoms with Crippen molar-refractivity contribution in [1.29, 1.82) is 0 Å². The van der Waals surface area contributed by atoms with Crippen LogP contribution in [-0.2, 0) is 4.79 Å². The van der Waals surface area contributed by atoms with Gasteiger partial charge >= 0.3 is 12.0 Å². The molecule has 1 aliphatic carbocycles. The van der Waals surface area contributed by atoms with Gasteiger partial charge in [-0.25, -0.2) is 4.79 Å². The summed E-state index contributed by atoms with van der Waals surface area (Å²) in [4.78, 5) is 26.9. The zero-order valence-electron chi connectivity index (χ0n) is 11.2. The van der Waals surface area contributed by atoms with Gasteiger partial charge in [0, 0.05) is 12.6 Å². The molecule has 3 rings (SSSR count). The van der Waals surface area contributed by atoms with Crippen LogP contribution in [0.25, 0.3) is 0 Å². The molecule has 2 N–H and O–H groups in total. The van der Waals surface area contributed by atoms with E-state index in [1.807, 2.05) is 0 Å². The van der Waals surface area contributed by atoms with Crippen LogP contribution in [0, 0.1) is 11.8 Å². The molecule has 0 spiro atoms. The molecular weight excluding hydrogens is 246 g/mol. The molecule has 2 amide bonds. The van der Waals surface area contributed by atoms with Gasteiger partial charge in [0.05, 0.1) is 12.0 Å². The minimum Gasteiger partial charge on any atom is -0.481 e. The van der Waals surface area contributed by atoms with E-state index in [0.717, 1.165) is 25.9 Å². The van der Waals surface area contributed by atoms with E-state index in [0.29, 0.717) is 18.9 Å². The smallest absolute Gasteiger partial charge is 0.318 e. The van der Waals surface area contributed by atoms with Crippen molar-refractivity contribution in [3.05, 3.63) is 0 Å². The number of hydrogen-bond donors (Lipinski definition) is 2. The van der Waals surface area contributed by atoms with Crippen molar-refractivity contribution in [1.82, 2.24) is 15.1 Å². The van der Waals surface area contributed by atoms with Gasteiger partial charge in [0.15, 0.2) is 0 Å². The fourth-order valence-electron chi connectivity index (χ4n) is 3.36. The maximum absolute atomic E-state index is 12.0. The Hall–Kier alpha value is -1.30. The molecule has 0 aromatic rings. The average Bonchev–Trinajstić information content (AvgIpc) is 3.08. The summed E-state index contributed by atoms with van der Waals surface area (Å²) in [6, 6.07) is 0.0580. The molecular formula is C13H21N3O3. The van der Waals surface area contributed by atoms with E-state index in [2.05, 4.69) is 17.3 Å². The van der Waals surface area contributed by atoms with Crippen LogP contribution in [0.2, 0.25) is 0 Å². The number of piperidine rings is 1. The van der Waals surface area contributed by atoms with Gasteiger partial charge in [-0.15, -0.1) is 0 Å². The number of urea groups is 1. The first-order valence-corrected chi connectivity index (χ1v) is 7.04. The third-order valence-electron chi connectivity index (χ3n) is 4.77. The van der Waals surface area contributed by atoms with Gasteiger partial charge in [-0.1, -0.05) is 0 Å². The number of nitrogens with zero attached hydrogens (tertiary/aromatic N) is 2. The number of carbonyl (C=O) groups is 2. The minimum atomic E-state index is -0.777. The summed E-state index contributed by atoms with van der Waals surface area (Å²) >= 11 is 0. The number of amides is 2. The molecule has 106 valence electrons. The molecule has 2 aliphatic heterocycles. The quantitative estimate of drug-likeness (QED) is 0.766. The van der Waals surface area contributed by atoms with Gasteiger partial charge in [0.2, 0.25) is 0 Å². The standard InChI is InChI=1S/C13H21N3O3/c1-15-4-2-8(3-5-15)10-7-16(13(19)14-10)11-6-9(11)12(17)18/h8-11H,2-7H2,1H3,(H,14,19)(H,17,18). The Morgan fingerprint density at radius 2 is 2.05 bits per heavy atom. The fraction of sp³-hybridized carbons (Fsp3) is 0.846. The third-order valence-corrected chi connectivity index (χ3v) is 4.77. The third kappa shape index (κ3) is 2.41. The van der Waals surface area contributed by atoms with Crippen molar-refractivity contribution in [3.8, 4) is 0 Å². The van der Waals surface area contributed by atoms with Crippen molar-refractivity contribution in [3.63, 3.8) is 0 Å². The number of carbonyl (C=O) groups excluding carboxylic acids is 1. The summed E-state index contributed by atoms with van der Waals surface area (Å²) in [6.45, 7) is 2.85. The molecule has 3 aliphatic rings. The van der Waals surface area contributed by atoms with Gasteiger partial charge in [0.1, 0.15) is 0 Å². The van der Waals surface area contributed by atoms with Crippen LogP contribution in [0.1, 0.15) is 19.3 Å². The van der Waals surface area contributed by atoms with Gasteiger partial charge in [-0.2, -0.15) is 0 Å². The second-order valence-corrected chi connectivity index (χ2v) is 6.10. The summed E-state index contributed by atoms with van der Waals surface area (Å²) in [5.74, 6) is -0.588. The van der Waals surface area contributed by atoms with Crippen molar-refractivity contribution in [2.24, 2.45) is 11.8 Å². The van der Waals surface area contributed by atoms with Gasteiger partial charge in [-0.3, -0.25) is 4.79 Å². The highest BCUT2D eigenvalue weighted by atomic mass is 16.4. The molecule has 19 heavy (non-hydrogen) atoms. The van der Waals surface area contributed by atoms with Crippen molar-refractivity contribution in [2.45, 2.75) is 31.3 Å². The normalized spacial score (nSPS) is 36.4. The van der Waals surface area contributed by atoms with E-state index in [1.54, 1.807) is 4.90 Å². The van der Waals surface area contributed by atoms with Crippen LogP contribution in [0.3, 0.4) is 0 Å². The molecule has 0 bridgehead atoms. The number of carboxylic acid groups (broad SMARTS) is 1. The van der Waals surface area contributed by atoms with Crippen LogP contribution in [-0.4, -0.2) is 65.7 Å². The average molecular weight is 267 g/mol. The Kier molecular flexibility index (Phi) is 3.12. The van der Waals surface area contributed by atoms with Crippen molar-refractivity contribution < 1.29 is 14.7 Å². The first-order chi connectivity index (χ1) is 9.06. The lowest BCUT2D eigenvalue weighted by atomic mass is 9.90. The summed E-state index contributed by atoms with van der Waals surface area (Å²) in [6.07, 6.45) is 2.84. The van der Waals surface area contributed by atoms with Crippen LogP contribution in [0.4, 0.5) is 4.79 Å². The fourth-order valence-corrected chi connectivity index (χ4v) is 3.36. The van der Waals surface area contributed by atoms with Gasteiger partial charge in [0.25, 0.3) is 0 Å². The number of nitrogens with one attached hydrogen (secondary N) is 1. The van der Waals surface area contributed by atoms with Crippen molar-refractivity contribution >= 4 is 12.0 Å². The summed E-state index contributed by atoms with van der Waals surface area (Å²) in [7, 11) is 2.12. The lowest BCUT2D eigenvalue weighted by molar-refractivity contribution is -0.138. The molecule has 0 aromatic carbocycles. The Labute approximate surface area is 112 Å². The highest BCUT2D eigenvalue weighted by Crippen LogP contribution is 2.38. The van der Waals surface area contributed by atoms with Crippen LogP contribution < -0.4 is 5.32 Å². The van der Waals surface area contributed by atoms with E-state index >= 15 is 0 Å². The van der Waals surface area contributed by atoms with Crippen molar-refractivity contribution in [2.75, 3.05) is 26.7 Å². The van der Waals surface area contributed by atoms with Crippen LogP contribution in [0.5, 0.6) is 0 Å². The molecule has 3 fully saturated rings. The highest BCUT2D eigenvalue weighted by Gasteiger charge is 2.52. The maximum Gasteiger partial charge on any atom is 0.318 e. The number of aliphatic carboxylic acids is 1. The molecule has 3 unspecified atom stereocenters. The second-order valence-electron chi connectivity index (χ2n) is 6.10. The second kappa shape index (κ2) is 4.67. The first kappa shape index (κ1) is 12.7. The summed E-state index contributed by atoms with van der Waals surface area (Å²) in [5.41, 5.74) is 0. The molecule has 3 atom stereocenters. The van der Waals surface area contributed by atoms with E-state index < -0.39 is 5.97 Å². The summed E-state index contributed by atoms with van der Waals surface area (Å²) in [5, 5.41) is 12.0. The predicted molar refractivity (Wildman–Crippen MR) is 68.8 cm³/mol. The zero-order chi connectivity index (χ0) is 13.6. The van der Waals surface area contributed by atoms with E-state index in [9.17, 15) is 9.59 Å². The van der Waals surface area contributed by atoms with E-state index in [4.69, 9.17) is 5.11 Å². The molecule has 1 saturated carbocycles. The van der Waals surface area contributed by atoms with Gasteiger partial charge < -0.3 is 20.2 Å². The van der Waals surface area contributed by atoms with E-state index in [1.165, 1.54) is 0 Å². The monoisotopic (exact) mass is 267 g/mol. The number of likely N-dealkylation sites (tertiary alicyclic amines) is 1. The Morgan fingerprint density at radius 1 is 1.37 bits per heavy atom. The Balaban J connectivity index is 1.57. The number of rotatable bonds is 3. The Bertz CT molecular complexity index is 393. The molecule has 2 heterocycles. The minimum absolute atomic E-state index is 0.0716. The van der Waals surface area contributed by atoms with E-state index in [-0.39, 0.29) is 24.0 Å². The van der Waals surface area contributed by atoms with Crippen LogP contribution in [0.15, 0.2) is 0 Å². The lowest BCUT2D eigenvalue weighted by Gasteiger charge is -2.32. The number of carboxylic acids is 1. The molecule has 6 heteroatoms. The largest absolute Gasteiger partial charge is 0.481 e. The topological polar surface area (TPSA) is 72.9 Å². The van der Waals surface area contributed by atoms with Crippen LogP contribution >= 0.6 is 0 Å². The molecule has 6 nitrogen and oxygen atoms in total. The predicted octanol–water partition coefficient (Wildman–Crippen LogP) is 0.195.